The maximum Gasteiger partial charge on any atom is 0.250 e. The fourth-order valence-electron chi connectivity index (χ4n) is 3.57. The van der Waals surface area contributed by atoms with Crippen LogP contribution >= 0.6 is 0 Å². The van der Waals surface area contributed by atoms with E-state index in [4.69, 9.17) is 9.47 Å². The molecule has 2 atom stereocenters. The van der Waals surface area contributed by atoms with Crippen molar-refractivity contribution in [1.82, 2.24) is 0 Å². The monoisotopic (exact) mass is 322 g/mol. The van der Waals surface area contributed by atoms with Crippen LogP contribution in [0.3, 0.4) is 0 Å². The van der Waals surface area contributed by atoms with Gasteiger partial charge in [-0.3, -0.25) is 9.59 Å². The van der Waals surface area contributed by atoms with Crippen LogP contribution in [0.25, 0.3) is 0 Å². The molecule has 0 bridgehead atoms. The first kappa shape index (κ1) is 13.2. The highest BCUT2D eigenvalue weighted by Gasteiger charge is 2.44. The predicted molar refractivity (Wildman–Crippen MR) is 80.5 cm³/mol. The summed E-state index contributed by atoms with van der Waals surface area (Å²) >= 11 is 0. The van der Waals surface area contributed by atoms with Crippen LogP contribution in [0.15, 0.2) is 36.6 Å². The number of ketones is 2. The summed E-state index contributed by atoms with van der Waals surface area (Å²) in [6, 6.07) is 5.78. The minimum absolute atomic E-state index is 0.0679. The van der Waals surface area contributed by atoms with Crippen molar-refractivity contribution in [3.63, 3.8) is 0 Å². The lowest BCUT2D eigenvalue weighted by Crippen LogP contribution is -2.21. The van der Waals surface area contributed by atoms with Gasteiger partial charge in [0, 0.05) is 11.1 Å². The molecule has 0 radical (unpaired) electrons. The number of phenols is 2. The Labute approximate surface area is 135 Å². The minimum atomic E-state index is -0.601. The number of aromatic hydroxyl groups is 2. The van der Waals surface area contributed by atoms with Crippen molar-refractivity contribution in [1.29, 1.82) is 0 Å². The Morgan fingerprint density at radius 1 is 1.00 bits per heavy atom. The van der Waals surface area contributed by atoms with Gasteiger partial charge in [-0.1, -0.05) is 12.1 Å². The van der Waals surface area contributed by atoms with Crippen molar-refractivity contribution in [2.45, 2.75) is 12.2 Å². The molecule has 6 nitrogen and oxygen atoms in total. The molecule has 6 heteroatoms. The molecule has 0 saturated heterocycles. The lowest BCUT2D eigenvalue weighted by atomic mass is 9.81. The van der Waals surface area contributed by atoms with Gasteiger partial charge in [-0.15, -0.1) is 0 Å². The highest BCUT2D eigenvalue weighted by Crippen LogP contribution is 2.51. The van der Waals surface area contributed by atoms with E-state index in [1.54, 1.807) is 6.08 Å². The third kappa shape index (κ3) is 1.40. The Hall–Kier alpha value is -3.28. The molecule has 1 aliphatic carbocycles. The zero-order valence-corrected chi connectivity index (χ0v) is 12.1. The molecule has 118 valence electrons. The first-order chi connectivity index (χ1) is 11.6. The second-order valence-electron chi connectivity index (χ2n) is 5.89. The number of rotatable bonds is 0. The fraction of sp³-hybridized carbons (Fsp3) is 0.111. The van der Waals surface area contributed by atoms with Gasteiger partial charge in [0.1, 0.15) is 17.2 Å². The van der Waals surface area contributed by atoms with Crippen LogP contribution in [0.4, 0.5) is 0 Å². The summed E-state index contributed by atoms with van der Waals surface area (Å²) in [5, 5.41) is 20.7. The average Bonchev–Trinajstić information content (AvgIpc) is 3.12. The molecule has 0 unspecified atom stereocenters. The molecule has 0 spiro atoms. The molecule has 24 heavy (non-hydrogen) atoms. The van der Waals surface area contributed by atoms with Crippen molar-refractivity contribution in [2.75, 3.05) is 0 Å². The van der Waals surface area contributed by atoms with Crippen molar-refractivity contribution in [2.24, 2.45) is 0 Å². The number of ether oxygens (including phenoxy) is 2. The van der Waals surface area contributed by atoms with Crippen LogP contribution in [-0.4, -0.2) is 28.1 Å². The Morgan fingerprint density at radius 3 is 2.67 bits per heavy atom. The second-order valence-corrected chi connectivity index (χ2v) is 5.89. The third-order valence-corrected chi connectivity index (χ3v) is 4.66. The van der Waals surface area contributed by atoms with Crippen LogP contribution in [0.1, 0.15) is 43.3 Å². The molecule has 3 aliphatic rings. The van der Waals surface area contributed by atoms with E-state index >= 15 is 0 Å². The predicted octanol–water partition coefficient (Wildman–Crippen LogP) is 2.22. The summed E-state index contributed by atoms with van der Waals surface area (Å²) in [5.74, 6) is -1.60. The lowest BCUT2D eigenvalue weighted by molar-refractivity contribution is -0.00487. The number of benzene rings is 2. The third-order valence-electron chi connectivity index (χ3n) is 4.66. The maximum absolute atomic E-state index is 12.8. The summed E-state index contributed by atoms with van der Waals surface area (Å²) < 4.78 is 10.9. The van der Waals surface area contributed by atoms with Crippen molar-refractivity contribution >= 4 is 11.6 Å². The molecule has 2 N–H and O–H groups in total. The summed E-state index contributed by atoms with van der Waals surface area (Å²) in [6.07, 6.45) is 2.60. The average molecular weight is 322 g/mol. The Balaban J connectivity index is 1.81. The normalized spacial score (nSPS) is 22.3. The number of carbonyl (C=O) groups is 2. The SMILES string of the molecule is O=C1c2cccc(O)c2C(=O)c2c1cc1c(c2O)[C@H]2C=CO[C@H]2O1. The van der Waals surface area contributed by atoms with E-state index in [1.165, 1.54) is 30.5 Å². The van der Waals surface area contributed by atoms with Gasteiger partial charge < -0.3 is 19.7 Å². The van der Waals surface area contributed by atoms with E-state index in [0.717, 1.165) is 0 Å². The van der Waals surface area contributed by atoms with Gasteiger partial charge in [0.2, 0.25) is 5.78 Å². The number of phenolic OH excluding ortho intramolecular Hbond substituents is 2. The quantitative estimate of drug-likeness (QED) is 0.659. The zero-order chi connectivity index (χ0) is 16.6. The van der Waals surface area contributed by atoms with Crippen molar-refractivity contribution < 1.29 is 29.3 Å². The highest BCUT2D eigenvalue weighted by molar-refractivity contribution is 6.30. The van der Waals surface area contributed by atoms with Gasteiger partial charge in [0.05, 0.1) is 28.9 Å². The van der Waals surface area contributed by atoms with Gasteiger partial charge in [-0.25, -0.2) is 0 Å². The van der Waals surface area contributed by atoms with Crippen LogP contribution in [-0.2, 0) is 4.74 Å². The molecule has 2 aliphatic heterocycles. The lowest BCUT2D eigenvalue weighted by Gasteiger charge is -2.20. The molecular weight excluding hydrogens is 312 g/mol. The first-order valence-corrected chi connectivity index (χ1v) is 7.38. The fourth-order valence-corrected chi connectivity index (χ4v) is 3.57. The first-order valence-electron chi connectivity index (χ1n) is 7.38. The Morgan fingerprint density at radius 2 is 1.83 bits per heavy atom. The molecular formula is C18H10O6. The van der Waals surface area contributed by atoms with Crippen LogP contribution in [0, 0.1) is 0 Å². The van der Waals surface area contributed by atoms with E-state index in [2.05, 4.69) is 0 Å². The highest BCUT2D eigenvalue weighted by atomic mass is 16.7. The van der Waals surface area contributed by atoms with Crippen molar-refractivity contribution in [3.8, 4) is 17.2 Å². The van der Waals surface area contributed by atoms with Gasteiger partial charge in [-0.05, 0) is 18.2 Å². The second kappa shape index (κ2) is 4.17. The van der Waals surface area contributed by atoms with Gasteiger partial charge in [-0.2, -0.15) is 0 Å². The molecule has 2 aromatic rings. The number of carbonyl (C=O) groups excluding carboxylic acids is 2. The number of hydrogen-bond donors (Lipinski definition) is 2. The Bertz CT molecular complexity index is 987. The van der Waals surface area contributed by atoms with E-state index in [0.29, 0.717) is 11.3 Å². The summed E-state index contributed by atoms with van der Waals surface area (Å²) in [6.45, 7) is 0. The molecule has 2 aromatic carbocycles. The smallest absolute Gasteiger partial charge is 0.250 e. The van der Waals surface area contributed by atoms with Gasteiger partial charge in [0.15, 0.2) is 5.78 Å². The summed E-state index contributed by atoms with van der Waals surface area (Å²) in [5.41, 5.74) is 0.420. The van der Waals surface area contributed by atoms with Gasteiger partial charge in [0.25, 0.3) is 6.29 Å². The molecule has 0 amide bonds. The number of fused-ring (bicyclic) bond motifs is 5. The van der Waals surface area contributed by atoms with Crippen LogP contribution < -0.4 is 4.74 Å². The molecule has 0 fully saturated rings. The molecule has 5 rings (SSSR count). The Kier molecular flexibility index (Phi) is 2.29. The summed E-state index contributed by atoms with van der Waals surface area (Å²) in [4.78, 5) is 25.6. The minimum Gasteiger partial charge on any atom is -0.507 e. The van der Waals surface area contributed by atoms with Crippen molar-refractivity contribution in [3.05, 3.63) is 64.4 Å². The number of hydrogen-bond acceptors (Lipinski definition) is 6. The topological polar surface area (TPSA) is 93.1 Å². The summed E-state index contributed by atoms with van der Waals surface area (Å²) in [7, 11) is 0. The largest absolute Gasteiger partial charge is 0.507 e. The van der Waals surface area contributed by atoms with Crippen LogP contribution in [0.5, 0.6) is 17.2 Å². The van der Waals surface area contributed by atoms with Gasteiger partial charge >= 0.3 is 0 Å². The zero-order valence-electron chi connectivity index (χ0n) is 12.1. The molecule has 2 heterocycles. The van der Waals surface area contributed by atoms with Crippen LogP contribution in [0.2, 0.25) is 0 Å². The maximum atomic E-state index is 12.8. The molecule has 0 saturated carbocycles. The molecule has 0 aromatic heterocycles. The van der Waals surface area contributed by atoms with E-state index in [-0.39, 0.29) is 39.7 Å². The van der Waals surface area contributed by atoms with E-state index in [1.807, 2.05) is 0 Å². The van der Waals surface area contributed by atoms with E-state index in [9.17, 15) is 19.8 Å². The standard InChI is InChI=1S/C18H10O6/c19-10-3-1-2-7-12(10)16(21)14-9(15(7)20)6-11-13(17(14)22)8-4-5-23-18(8)24-11/h1-6,8,18-19,22H/t8-,18+/m1/s1. The van der Waals surface area contributed by atoms with E-state index < -0.39 is 17.9 Å².